The first-order valence-electron chi connectivity index (χ1n) is 11.9. The summed E-state index contributed by atoms with van der Waals surface area (Å²) in [4.78, 5) is 28.3. The van der Waals surface area contributed by atoms with Crippen LogP contribution in [0.15, 0.2) is 97.1 Å². The van der Waals surface area contributed by atoms with Crippen LogP contribution in [-0.2, 0) is 22.6 Å². The minimum absolute atomic E-state index is 0.194. The summed E-state index contributed by atoms with van der Waals surface area (Å²) >= 11 is 0. The van der Waals surface area contributed by atoms with Crippen LogP contribution in [0.2, 0.25) is 0 Å². The number of carbonyl (C=O) groups is 2. The maximum absolute atomic E-state index is 13.7. The number of methoxy groups -OCH3 is 1. The average Bonchev–Trinajstić information content (AvgIpc) is 2.93. The van der Waals surface area contributed by atoms with Crippen molar-refractivity contribution in [1.29, 1.82) is 0 Å². The lowest BCUT2D eigenvalue weighted by molar-refractivity contribution is -0.142. The van der Waals surface area contributed by atoms with E-state index in [1.165, 1.54) is 0 Å². The molecule has 0 aliphatic carbocycles. The highest BCUT2D eigenvalue weighted by Crippen LogP contribution is 2.25. The molecule has 0 unspecified atom stereocenters. The van der Waals surface area contributed by atoms with Crippen LogP contribution >= 0.6 is 0 Å². The molecule has 0 radical (unpaired) electrons. The minimum Gasteiger partial charge on any atom is -0.497 e. The van der Waals surface area contributed by atoms with Crippen LogP contribution in [0.5, 0.6) is 11.5 Å². The average molecular weight is 483 g/mol. The smallest absolute Gasteiger partial charge is 0.261 e. The Kier molecular flexibility index (Phi) is 8.19. The van der Waals surface area contributed by atoms with Gasteiger partial charge in [0, 0.05) is 25.4 Å². The van der Waals surface area contributed by atoms with Crippen molar-refractivity contribution in [3.8, 4) is 11.5 Å². The summed E-state index contributed by atoms with van der Waals surface area (Å²) in [5.74, 6) is 0.796. The molecule has 4 aromatic rings. The second-order valence-corrected chi connectivity index (χ2v) is 8.46. The third-order valence-electron chi connectivity index (χ3n) is 6.11. The van der Waals surface area contributed by atoms with Crippen molar-refractivity contribution in [2.24, 2.45) is 0 Å². The molecule has 0 aliphatic rings. The molecule has 0 aromatic heterocycles. The third kappa shape index (κ3) is 6.02. The molecule has 0 heterocycles. The molecule has 1 atom stereocenters. The standard InChI is InChI=1S/C30H30N2O4/c1-31-30(34)27(19-22-10-4-3-5-11-22)32(20-23-12-8-15-25(18-23)35-2)29(33)21-36-28-17-9-14-24-13-6-7-16-26(24)28/h3-18,27H,19-21H2,1-2H3,(H,31,34)/t27-/m0/s1. The highest BCUT2D eigenvalue weighted by atomic mass is 16.5. The van der Waals surface area contributed by atoms with Crippen LogP contribution in [0, 0.1) is 0 Å². The molecule has 36 heavy (non-hydrogen) atoms. The van der Waals surface area contributed by atoms with Crippen LogP contribution in [0.1, 0.15) is 11.1 Å². The van der Waals surface area contributed by atoms with Gasteiger partial charge in [-0.1, -0.05) is 78.9 Å². The quantitative estimate of drug-likeness (QED) is 0.358. The van der Waals surface area contributed by atoms with Crippen LogP contribution in [0.3, 0.4) is 0 Å². The first kappa shape index (κ1) is 24.8. The number of carbonyl (C=O) groups excluding carboxylic acids is 2. The Labute approximate surface area is 211 Å². The lowest BCUT2D eigenvalue weighted by Crippen LogP contribution is -2.51. The summed E-state index contributed by atoms with van der Waals surface area (Å²) in [6.07, 6.45) is 0.379. The Morgan fingerprint density at radius 1 is 0.861 bits per heavy atom. The number of nitrogens with zero attached hydrogens (tertiary/aromatic N) is 1. The van der Waals surface area contributed by atoms with E-state index in [1.807, 2.05) is 97.1 Å². The molecule has 4 aromatic carbocycles. The maximum atomic E-state index is 13.7. The Hall–Kier alpha value is -4.32. The van der Waals surface area contributed by atoms with E-state index in [-0.39, 0.29) is 25.0 Å². The summed E-state index contributed by atoms with van der Waals surface area (Å²) < 4.78 is 11.4. The van der Waals surface area contributed by atoms with Crippen LogP contribution in [-0.4, -0.2) is 43.5 Å². The monoisotopic (exact) mass is 482 g/mol. The number of benzene rings is 4. The van der Waals surface area contributed by atoms with E-state index in [1.54, 1.807) is 19.1 Å². The minimum atomic E-state index is -0.716. The summed E-state index contributed by atoms with van der Waals surface area (Å²) in [6.45, 7) is 0.0418. The topological polar surface area (TPSA) is 67.9 Å². The van der Waals surface area contributed by atoms with Crippen molar-refractivity contribution in [3.63, 3.8) is 0 Å². The van der Waals surface area contributed by atoms with Crippen molar-refractivity contribution in [2.45, 2.75) is 19.0 Å². The van der Waals surface area contributed by atoms with Crippen LogP contribution < -0.4 is 14.8 Å². The van der Waals surface area contributed by atoms with Crippen LogP contribution in [0.25, 0.3) is 10.8 Å². The van der Waals surface area contributed by atoms with Gasteiger partial charge in [0.2, 0.25) is 5.91 Å². The number of ether oxygens (including phenoxy) is 2. The van der Waals surface area contributed by atoms with Gasteiger partial charge < -0.3 is 19.7 Å². The molecule has 4 rings (SSSR count). The first-order valence-corrected chi connectivity index (χ1v) is 11.9. The summed E-state index contributed by atoms with van der Waals surface area (Å²) in [5, 5.41) is 4.69. The van der Waals surface area contributed by atoms with Gasteiger partial charge in [-0.2, -0.15) is 0 Å². The number of nitrogens with one attached hydrogen (secondary N) is 1. The molecular weight excluding hydrogens is 452 g/mol. The second kappa shape index (κ2) is 11.9. The molecule has 0 bridgehead atoms. The molecule has 0 aliphatic heterocycles. The Balaban J connectivity index is 1.63. The van der Waals surface area contributed by atoms with E-state index in [0.29, 0.717) is 17.9 Å². The third-order valence-corrected chi connectivity index (χ3v) is 6.11. The number of likely N-dealkylation sites (N-methyl/N-ethyl adjacent to an activating group) is 1. The van der Waals surface area contributed by atoms with E-state index in [9.17, 15) is 9.59 Å². The second-order valence-electron chi connectivity index (χ2n) is 8.46. The Bertz CT molecular complexity index is 1320. The van der Waals surface area contributed by atoms with Gasteiger partial charge in [0.05, 0.1) is 7.11 Å². The molecule has 0 saturated heterocycles. The molecule has 2 amide bonds. The lowest BCUT2D eigenvalue weighted by Gasteiger charge is -2.31. The normalized spacial score (nSPS) is 11.5. The van der Waals surface area contributed by atoms with Gasteiger partial charge in [-0.25, -0.2) is 0 Å². The fraction of sp³-hybridized carbons (Fsp3) is 0.200. The number of hydrogen-bond donors (Lipinski definition) is 1. The molecule has 6 nitrogen and oxygen atoms in total. The molecule has 6 heteroatoms. The first-order chi connectivity index (χ1) is 17.6. The molecule has 0 saturated carbocycles. The molecule has 1 N–H and O–H groups in total. The van der Waals surface area contributed by atoms with Gasteiger partial charge in [-0.3, -0.25) is 9.59 Å². The Morgan fingerprint density at radius 3 is 2.33 bits per heavy atom. The molecule has 184 valence electrons. The highest BCUT2D eigenvalue weighted by Gasteiger charge is 2.30. The van der Waals surface area contributed by atoms with E-state index >= 15 is 0 Å². The number of fused-ring (bicyclic) bond motifs is 1. The zero-order valence-corrected chi connectivity index (χ0v) is 20.5. The van der Waals surface area contributed by atoms with E-state index in [0.717, 1.165) is 21.9 Å². The molecular formula is C30H30N2O4. The van der Waals surface area contributed by atoms with Gasteiger partial charge in [-0.05, 0) is 34.7 Å². The molecule has 0 spiro atoms. The van der Waals surface area contributed by atoms with Crippen molar-refractivity contribution >= 4 is 22.6 Å². The van der Waals surface area contributed by atoms with E-state index in [2.05, 4.69) is 5.32 Å². The van der Waals surface area contributed by atoms with Crippen LogP contribution in [0.4, 0.5) is 0 Å². The van der Waals surface area contributed by atoms with Gasteiger partial charge in [0.15, 0.2) is 6.61 Å². The predicted molar refractivity (Wildman–Crippen MR) is 141 cm³/mol. The zero-order chi connectivity index (χ0) is 25.3. The SMILES string of the molecule is CNC(=O)[C@H](Cc1ccccc1)N(Cc1cccc(OC)c1)C(=O)COc1cccc2ccccc12. The van der Waals surface area contributed by atoms with Crippen molar-refractivity contribution < 1.29 is 19.1 Å². The fourth-order valence-corrected chi connectivity index (χ4v) is 4.23. The van der Waals surface area contributed by atoms with E-state index < -0.39 is 6.04 Å². The van der Waals surface area contributed by atoms with Gasteiger partial charge in [0.25, 0.3) is 5.91 Å². The lowest BCUT2D eigenvalue weighted by atomic mass is 10.0. The predicted octanol–water partition coefficient (Wildman–Crippen LogP) is 4.61. The van der Waals surface area contributed by atoms with Crippen molar-refractivity contribution in [1.82, 2.24) is 10.2 Å². The van der Waals surface area contributed by atoms with Crippen molar-refractivity contribution in [2.75, 3.05) is 20.8 Å². The number of rotatable bonds is 10. The van der Waals surface area contributed by atoms with E-state index in [4.69, 9.17) is 9.47 Å². The number of hydrogen-bond acceptors (Lipinski definition) is 4. The largest absolute Gasteiger partial charge is 0.497 e. The number of amides is 2. The van der Waals surface area contributed by atoms with Gasteiger partial charge in [0.1, 0.15) is 17.5 Å². The van der Waals surface area contributed by atoms with Crippen molar-refractivity contribution in [3.05, 3.63) is 108 Å². The Morgan fingerprint density at radius 2 is 1.56 bits per heavy atom. The summed E-state index contributed by atoms with van der Waals surface area (Å²) in [5.41, 5.74) is 1.82. The maximum Gasteiger partial charge on any atom is 0.261 e. The highest BCUT2D eigenvalue weighted by molar-refractivity contribution is 5.90. The van der Waals surface area contributed by atoms with Gasteiger partial charge >= 0.3 is 0 Å². The molecule has 0 fully saturated rings. The summed E-state index contributed by atoms with van der Waals surface area (Å²) in [7, 11) is 3.18. The fourth-order valence-electron chi connectivity index (χ4n) is 4.23. The van der Waals surface area contributed by atoms with Gasteiger partial charge in [-0.15, -0.1) is 0 Å². The summed E-state index contributed by atoms with van der Waals surface area (Å²) in [6, 6.07) is 30.1. The zero-order valence-electron chi connectivity index (χ0n) is 20.5.